The molecule has 0 N–H and O–H groups in total. The maximum Gasteiger partial charge on any atom is 0.139 e. The molecule has 1 aromatic heterocycles. The molecule has 3 fully saturated rings. The topological polar surface area (TPSA) is 44.1 Å². The van der Waals surface area contributed by atoms with E-state index in [9.17, 15) is 4.79 Å². The normalized spacial score (nSPS) is 27.3. The number of nitrogens with zero attached hydrogens (tertiary/aromatic N) is 2. The maximum absolute atomic E-state index is 12.1. The second-order valence-electron chi connectivity index (χ2n) is 8.08. The van der Waals surface area contributed by atoms with Crippen LogP contribution >= 0.6 is 23.2 Å². The lowest BCUT2D eigenvalue weighted by molar-refractivity contribution is -0.130. The van der Waals surface area contributed by atoms with Gasteiger partial charge in [0.1, 0.15) is 11.5 Å². The van der Waals surface area contributed by atoms with Crippen LogP contribution in [0.1, 0.15) is 55.7 Å². The Morgan fingerprint density at radius 1 is 1.04 bits per heavy atom. The van der Waals surface area contributed by atoms with E-state index in [4.69, 9.17) is 27.9 Å². The Morgan fingerprint density at radius 2 is 1.67 bits per heavy atom. The molecule has 27 heavy (non-hydrogen) atoms. The van der Waals surface area contributed by atoms with Crippen LogP contribution in [0.4, 0.5) is 0 Å². The number of ketones is 1. The van der Waals surface area contributed by atoms with Gasteiger partial charge in [0, 0.05) is 11.8 Å². The van der Waals surface area contributed by atoms with Crippen LogP contribution in [0.5, 0.6) is 0 Å². The first kappa shape index (κ1) is 17.7. The number of halogens is 2. The minimum absolute atomic E-state index is 0.150. The Hall–Kier alpha value is -1.36. The van der Waals surface area contributed by atoms with Gasteiger partial charge in [-0.05, 0) is 62.1 Å². The standard InChI is InChI=1S/C21H22Cl2N2O2/c22-17-2-1-3-18(23)20(17)25-19(16(10-24-25)12-4-5-12)11-27-15-8-13-6-7-14(9-15)21(13)26/h1-3,10,12-15H,4-9,11H2/t13-,14+,15?. The van der Waals surface area contributed by atoms with Gasteiger partial charge in [0.05, 0.1) is 34.6 Å². The third-order valence-electron chi connectivity index (χ3n) is 6.29. The highest BCUT2D eigenvalue weighted by atomic mass is 35.5. The number of fused-ring (bicyclic) bond motifs is 2. The largest absolute Gasteiger partial charge is 0.372 e. The molecule has 142 valence electrons. The van der Waals surface area contributed by atoms with E-state index in [1.54, 1.807) is 0 Å². The predicted molar refractivity (Wildman–Crippen MR) is 105 cm³/mol. The first-order valence-corrected chi connectivity index (χ1v) is 10.5. The number of hydrogen-bond donors (Lipinski definition) is 0. The van der Waals surface area contributed by atoms with Gasteiger partial charge in [-0.3, -0.25) is 4.79 Å². The van der Waals surface area contributed by atoms with Crippen molar-refractivity contribution in [2.75, 3.05) is 0 Å². The van der Waals surface area contributed by atoms with Crippen molar-refractivity contribution in [3.63, 3.8) is 0 Å². The van der Waals surface area contributed by atoms with E-state index in [1.165, 1.54) is 18.4 Å². The summed E-state index contributed by atoms with van der Waals surface area (Å²) in [5, 5.41) is 5.76. The summed E-state index contributed by atoms with van der Waals surface area (Å²) in [5.74, 6) is 1.43. The van der Waals surface area contributed by atoms with Crippen molar-refractivity contribution in [3.05, 3.63) is 45.7 Å². The monoisotopic (exact) mass is 404 g/mol. The molecule has 4 nitrogen and oxygen atoms in total. The van der Waals surface area contributed by atoms with Crippen LogP contribution in [-0.2, 0) is 16.1 Å². The fourth-order valence-electron chi connectivity index (χ4n) is 4.70. The first-order chi connectivity index (χ1) is 13.1. The Morgan fingerprint density at radius 3 is 2.30 bits per heavy atom. The van der Waals surface area contributed by atoms with Gasteiger partial charge in [-0.2, -0.15) is 5.10 Å². The summed E-state index contributed by atoms with van der Waals surface area (Å²) in [7, 11) is 0. The lowest BCUT2D eigenvalue weighted by atomic mass is 9.86. The molecule has 0 aliphatic heterocycles. The Balaban J connectivity index is 1.42. The number of benzene rings is 1. The molecule has 0 spiro atoms. The molecule has 3 aliphatic carbocycles. The Labute approximate surface area is 168 Å². The molecule has 0 amide bonds. The highest BCUT2D eigenvalue weighted by Crippen LogP contribution is 2.44. The fourth-order valence-corrected chi connectivity index (χ4v) is 5.26. The van der Waals surface area contributed by atoms with Gasteiger partial charge < -0.3 is 4.74 Å². The van der Waals surface area contributed by atoms with Gasteiger partial charge in [0.15, 0.2) is 0 Å². The third kappa shape index (κ3) is 3.22. The summed E-state index contributed by atoms with van der Waals surface area (Å²) in [4.78, 5) is 12.1. The van der Waals surface area contributed by atoms with Crippen molar-refractivity contribution >= 4 is 29.0 Å². The summed E-state index contributed by atoms with van der Waals surface area (Å²) in [6.07, 6.45) is 8.24. The van der Waals surface area contributed by atoms with Gasteiger partial charge in [-0.25, -0.2) is 4.68 Å². The van der Waals surface area contributed by atoms with Gasteiger partial charge in [0.25, 0.3) is 0 Å². The number of Topliss-reactive ketones (excluding diaryl/α,β-unsaturated/α-hetero) is 1. The van der Waals surface area contributed by atoms with E-state index >= 15 is 0 Å². The molecule has 0 saturated heterocycles. The van der Waals surface area contributed by atoms with Crippen LogP contribution in [0.3, 0.4) is 0 Å². The summed E-state index contributed by atoms with van der Waals surface area (Å²) in [6, 6.07) is 5.50. The highest BCUT2D eigenvalue weighted by molar-refractivity contribution is 6.37. The summed E-state index contributed by atoms with van der Waals surface area (Å²) in [5.41, 5.74) is 2.99. The number of carbonyl (C=O) groups excluding carboxylic acids is 1. The molecule has 2 aromatic rings. The number of aromatic nitrogens is 2. The summed E-state index contributed by atoms with van der Waals surface area (Å²) >= 11 is 12.9. The second-order valence-corrected chi connectivity index (χ2v) is 8.90. The molecular weight excluding hydrogens is 383 g/mol. The van der Waals surface area contributed by atoms with Gasteiger partial charge in [-0.15, -0.1) is 0 Å². The zero-order valence-electron chi connectivity index (χ0n) is 15.0. The number of rotatable bonds is 5. The molecule has 3 saturated carbocycles. The minimum atomic E-state index is 0.150. The van der Waals surface area contributed by atoms with Crippen molar-refractivity contribution < 1.29 is 9.53 Å². The number of para-hydroxylation sites is 1. The lowest BCUT2D eigenvalue weighted by Crippen LogP contribution is -2.31. The number of hydrogen-bond acceptors (Lipinski definition) is 3. The fraction of sp³-hybridized carbons (Fsp3) is 0.524. The van der Waals surface area contributed by atoms with E-state index in [1.807, 2.05) is 29.1 Å². The molecule has 5 rings (SSSR count). The molecule has 6 heteroatoms. The SMILES string of the molecule is O=C1[C@@H]2CC[C@H]1CC(OCc1c(C3CC3)cnn1-c1c(Cl)cccc1Cl)C2. The molecular formula is C21H22Cl2N2O2. The molecule has 0 radical (unpaired) electrons. The van der Waals surface area contributed by atoms with Crippen molar-refractivity contribution in [2.45, 2.75) is 57.2 Å². The quantitative estimate of drug-likeness (QED) is 0.675. The highest BCUT2D eigenvalue weighted by Gasteiger charge is 2.42. The molecule has 3 atom stereocenters. The molecule has 2 bridgehead atoms. The second kappa shape index (κ2) is 6.91. The minimum Gasteiger partial charge on any atom is -0.372 e. The summed E-state index contributed by atoms with van der Waals surface area (Å²) in [6.45, 7) is 0.478. The van der Waals surface area contributed by atoms with Crippen LogP contribution in [0, 0.1) is 11.8 Å². The van der Waals surface area contributed by atoms with Crippen LogP contribution in [0.15, 0.2) is 24.4 Å². The van der Waals surface area contributed by atoms with Gasteiger partial charge in [-0.1, -0.05) is 29.3 Å². The molecule has 1 aromatic carbocycles. The third-order valence-corrected chi connectivity index (χ3v) is 6.90. The Kier molecular flexibility index (Phi) is 4.53. The first-order valence-electron chi connectivity index (χ1n) is 9.78. The summed E-state index contributed by atoms with van der Waals surface area (Å²) < 4.78 is 8.17. The molecule has 1 heterocycles. The Bertz CT molecular complexity index is 854. The lowest BCUT2D eigenvalue weighted by Gasteiger charge is -2.27. The zero-order valence-corrected chi connectivity index (χ0v) is 16.5. The zero-order chi connectivity index (χ0) is 18.5. The number of carbonyl (C=O) groups is 1. The van der Waals surface area contributed by atoms with E-state index < -0.39 is 0 Å². The van der Waals surface area contributed by atoms with Crippen molar-refractivity contribution in [3.8, 4) is 5.69 Å². The van der Waals surface area contributed by atoms with Crippen LogP contribution in [0.25, 0.3) is 5.69 Å². The predicted octanol–water partition coefficient (Wildman–Crippen LogP) is 5.33. The van der Waals surface area contributed by atoms with Crippen molar-refractivity contribution in [1.82, 2.24) is 9.78 Å². The van der Waals surface area contributed by atoms with Crippen molar-refractivity contribution in [2.24, 2.45) is 11.8 Å². The smallest absolute Gasteiger partial charge is 0.139 e. The maximum atomic E-state index is 12.1. The van der Waals surface area contributed by atoms with E-state index in [-0.39, 0.29) is 17.9 Å². The van der Waals surface area contributed by atoms with E-state index in [0.717, 1.165) is 31.4 Å². The molecule has 1 unspecified atom stereocenters. The van der Waals surface area contributed by atoms with Crippen LogP contribution in [-0.4, -0.2) is 21.7 Å². The van der Waals surface area contributed by atoms with Crippen molar-refractivity contribution in [1.29, 1.82) is 0 Å². The average molecular weight is 405 g/mol. The van der Waals surface area contributed by atoms with E-state index in [2.05, 4.69) is 5.10 Å². The van der Waals surface area contributed by atoms with Crippen LogP contribution in [0.2, 0.25) is 10.0 Å². The molecule has 3 aliphatic rings. The van der Waals surface area contributed by atoms with Crippen LogP contribution < -0.4 is 0 Å². The van der Waals surface area contributed by atoms with Gasteiger partial charge >= 0.3 is 0 Å². The van der Waals surface area contributed by atoms with Gasteiger partial charge in [0.2, 0.25) is 0 Å². The van der Waals surface area contributed by atoms with E-state index in [0.29, 0.717) is 34.0 Å². The average Bonchev–Trinajstić information content (AvgIpc) is 3.38. The number of ether oxygens (including phenoxy) is 1.